The van der Waals surface area contributed by atoms with Crippen molar-refractivity contribution >= 4 is 0 Å². The molecule has 0 N–H and O–H groups in total. The second-order valence-electron chi connectivity index (χ2n) is 7.10. The molecule has 2 rings (SSSR count). The molecule has 0 spiro atoms. The molecule has 2 heterocycles. The van der Waals surface area contributed by atoms with Gasteiger partial charge in [0.2, 0.25) is 0 Å². The van der Waals surface area contributed by atoms with Gasteiger partial charge in [0.15, 0.2) is 0 Å². The van der Waals surface area contributed by atoms with Crippen molar-refractivity contribution < 1.29 is 0 Å². The molecule has 1 saturated heterocycles. The molecular weight excluding hydrogens is 220 g/mol. The maximum absolute atomic E-state index is 2.55. The van der Waals surface area contributed by atoms with Crippen LogP contribution in [-0.2, 0) is 0 Å². The van der Waals surface area contributed by atoms with Crippen LogP contribution in [0.15, 0.2) is 24.0 Å². The van der Waals surface area contributed by atoms with E-state index in [-0.39, 0.29) is 0 Å². The summed E-state index contributed by atoms with van der Waals surface area (Å²) in [6.07, 6.45) is 9.65. The van der Waals surface area contributed by atoms with Crippen LogP contribution in [-0.4, -0.2) is 36.0 Å². The van der Waals surface area contributed by atoms with Gasteiger partial charge in [0, 0.05) is 38.1 Å². The smallest absolute Gasteiger partial charge is 0.0377 e. The Hall–Kier alpha value is -0.920. The molecule has 0 radical (unpaired) electrons. The Morgan fingerprint density at radius 2 is 1.89 bits per heavy atom. The first-order valence-corrected chi connectivity index (χ1v) is 7.31. The van der Waals surface area contributed by atoms with Gasteiger partial charge < -0.3 is 9.80 Å². The lowest BCUT2D eigenvalue weighted by Crippen LogP contribution is -2.35. The van der Waals surface area contributed by atoms with E-state index in [1.54, 1.807) is 0 Å². The summed E-state index contributed by atoms with van der Waals surface area (Å²) in [4.78, 5) is 4.96. The molecule has 0 amide bonds. The molecule has 0 aliphatic carbocycles. The summed E-state index contributed by atoms with van der Waals surface area (Å²) in [5.74, 6) is 0.909. The van der Waals surface area contributed by atoms with E-state index < -0.39 is 0 Å². The van der Waals surface area contributed by atoms with E-state index in [0.29, 0.717) is 5.41 Å². The van der Waals surface area contributed by atoms with E-state index in [1.807, 2.05) is 0 Å². The van der Waals surface area contributed by atoms with E-state index in [9.17, 15) is 0 Å². The van der Waals surface area contributed by atoms with Crippen LogP contribution in [0.4, 0.5) is 0 Å². The molecular formula is C16H28N2. The molecule has 2 aliphatic heterocycles. The average molecular weight is 248 g/mol. The molecule has 0 saturated carbocycles. The van der Waals surface area contributed by atoms with Crippen molar-refractivity contribution in [3.05, 3.63) is 24.0 Å². The lowest BCUT2D eigenvalue weighted by atomic mass is 9.95. The Morgan fingerprint density at radius 1 is 1.22 bits per heavy atom. The first-order valence-electron chi connectivity index (χ1n) is 7.31. The van der Waals surface area contributed by atoms with E-state index in [2.05, 4.69) is 55.8 Å². The number of allylic oxidation sites excluding steroid dienone is 1. The zero-order valence-electron chi connectivity index (χ0n) is 12.4. The standard InChI is InChI=1S/C16H28N2/c1-14-5-11-18(12-6-14)15-7-9-17(10-8-15)13-16(2,3)4/h7-9,14H,5-6,10-13H2,1-4H3. The molecule has 2 heteroatoms. The topological polar surface area (TPSA) is 6.48 Å². The summed E-state index contributed by atoms with van der Waals surface area (Å²) in [5, 5.41) is 0. The minimum absolute atomic E-state index is 0.371. The summed E-state index contributed by atoms with van der Waals surface area (Å²) in [6.45, 7) is 13.9. The van der Waals surface area contributed by atoms with Crippen molar-refractivity contribution in [3.63, 3.8) is 0 Å². The van der Waals surface area contributed by atoms with Crippen molar-refractivity contribution in [2.75, 3.05) is 26.2 Å². The second-order valence-corrected chi connectivity index (χ2v) is 7.10. The molecule has 0 atom stereocenters. The molecule has 0 aromatic heterocycles. The quantitative estimate of drug-likeness (QED) is 0.738. The van der Waals surface area contributed by atoms with Crippen LogP contribution in [0.5, 0.6) is 0 Å². The Bertz CT molecular complexity index is 327. The summed E-state index contributed by atoms with van der Waals surface area (Å²) in [7, 11) is 0. The number of likely N-dealkylation sites (tertiary alicyclic amines) is 1. The van der Waals surface area contributed by atoms with Crippen LogP contribution in [0, 0.1) is 11.3 Å². The zero-order chi connectivity index (χ0) is 13.2. The van der Waals surface area contributed by atoms with Gasteiger partial charge in [0.25, 0.3) is 0 Å². The van der Waals surface area contributed by atoms with E-state index >= 15 is 0 Å². The van der Waals surface area contributed by atoms with Crippen LogP contribution in [0.1, 0.15) is 40.5 Å². The van der Waals surface area contributed by atoms with Crippen LogP contribution in [0.25, 0.3) is 0 Å². The monoisotopic (exact) mass is 248 g/mol. The van der Waals surface area contributed by atoms with Gasteiger partial charge in [0.05, 0.1) is 0 Å². The van der Waals surface area contributed by atoms with E-state index in [0.717, 1.165) is 19.0 Å². The average Bonchev–Trinajstić information content (AvgIpc) is 2.29. The highest BCUT2D eigenvalue weighted by molar-refractivity contribution is 5.22. The minimum atomic E-state index is 0.371. The Morgan fingerprint density at radius 3 is 2.39 bits per heavy atom. The predicted octanol–water partition coefficient (Wildman–Crippen LogP) is 3.48. The lowest BCUT2D eigenvalue weighted by Gasteiger charge is -2.36. The molecule has 102 valence electrons. The summed E-state index contributed by atoms with van der Waals surface area (Å²) in [5.41, 5.74) is 1.81. The molecule has 18 heavy (non-hydrogen) atoms. The van der Waals surface area contributed by atoms with Gasteiger partial charge in [-0.05, 0) is 36.3 Å². The van der Waals surface area contributed by atoms with E-state index in [4.69, 9.17) is 0 Å². The maximum Gasteiger partial charge on any atom is 0.0377 e. The Kier molecular flexibility index (Phi) is 4.04. The normalized spacial score (nSPS) is 22.3. The fourth-order valence-electron chi connectivity index (χ4n) is 2.75. The van der Waals surface area contributed by atoms with Crippen molar-refractivity contribution in [3.8, 4) is 0 Å². The molecule has 2 nitrogen and oxygen atoms in total. The lowest BCUT2D eigenvalue weighted by molar-refractivity contribution is 0.232. The predicted molar refractivity (Wildman–Crippen MR) is 78.2 cm³/mol. The Labute approximate surface area is 112 Å². The molecule has 2 aliphatic rings. The van der Waals surface area contributed by atoms with Crippen molar-refractivity contribution in [2.45, 2.75) is 40.5 Å². The minimum Gasteiger partial charge on any atom is -0.373 e. The SMILES string of the molecule is CC1CCN(C2=CCN(CC(C)(C)C)C=C2)CC1. The number of nitrogens with zero attached hydrogens (tertiary/aromatic N) is 2. The molecule has 0 aromatic rings. The zero-order valence-corrected chi connectivity index (χ0v) is 12.4. The van der Waals surface area contributed by atoms with Gasteiger partial charge in [-0.1, -0.05) is 27.7 Å². The third kappa shape index (κ3) is 3.79. The molecule has 0 unspecified atom stereocenters. The van der Waals surface area contributed by atoms with Gasteiger partial charge in [-0.2, -0.15) is 0 Å². The number of hydrogen-bond donors (Lipinski definition) is 0. The first kappa shape index (κ1) is 13.5. The van der Waals surface area contributed by atoms with Crippen molar-refractivity contribution in [2.24, 2.45) is 11.3 Å². The van der Waals surface area contributed by atoms with Crippen molar-refractivity contribution in [1.29, 1.82) is 0 Å². The third-order valence-electron chi connectivity index (χ3n) is 3.82. The number of piperidine rings is 1. The van der Waals surface area contributed by atoms with E-state index in [1.165, 1.54) is 31.6 Å². The highest BCUT2D eigenvalue weighted by atomic mass is 15.2. The van der Waals surface area contributed by atoms with Crippen LogP contribution < -0.4 is 0 Å². The van der Waals surface area contributed by atoms with Gasteiger partial charge in [0.1, 0.15) is 0 Å². The highest BCUT2D eigenvalue weighted by Crippen LogP contribution is 2.23. The molecule has 0 aromatic carbocycles. The summed E-state index contributed by atoms with van der Waals surface area (Å²) < 4.78 is 0. The Balaban J connectivity index is 1.86. The summed E-state index contributed by atoms with van der Waals surface area (Å²) >= 11 is 0. The molecule has 1 fully saturated rings. The van der Waals surface area contributed by atoms with Gasteiger partial charge >= 0.3 is 0 Å². The highest BCUT2D eigenvalue weighted by Gasteiger charge is 2.19. The summed E-state index contributed by atoms with van der Waals surface area (Å²) in [6, 6.07) is 0. The van der Waals surface area contributed by atoms with Crippen LogP contribution in [0.3, 0.4) is 0 Å². The first-order chi connectivity index (χ1) is 8.44. The van der Waals surface area contributed by atoms with Crippen LogP contribution in [0.2, 0.25) is 0 Å². The van der Waals surface area contributed by atoms with Gasteiger partial charge in [-0.15, -0.1) is 0 Å². The van der Waals surface area contributed by atoms with Gasteiger partial charge in [-0.3, -0.25) is 0 Å². The van der Waals surface area contributed by atoms with Gasteiger partial charge in [-0.25, -0.2) is 0 Å². The fraction of sp³-hybridized carbons (Fsp3) is 0.750. The van der Waals surface area contributed by atoms with Crippen molar-refractivity contribution in [1.82, 2.24) is 9.80 Å². The number of rotatable bonds is 2. The second kappa shape index (κ2) is 5.38. The number of hydrogen-bond acceptors (Lipinski definition) is 2. The van der Waals surface area contributed by atoms with Crippen LogP contribution >= 0.6 is 0 Å². The largest absolute Gasteiger partial charge is 0.373 e. The third-order valence-corrected chi connectivity index (χ3v) is 3.82. The molecule has 0 bridgehead atoms. The fourth-order valence-corrected chi connectivity index (χ4v) is 2.75. The maximum atomic E-state index is 2.55.